The van der Waals surface area contributed by atoms with Crippen LogP contribution in [0, 0.1) is 5.92 Å². The zero-order valence-corrected chi connectivity index (χ0v) is 15.3. The number of ether oxygens (including phenoxy) is 1. The third-order valence-electron chi connectivity index (χ3n) is 4.49. The molecule has 0 fully saturated rings. The van der Waals surface area contributed by atoms with E-state index in [1.807, 2.05) is 36.4 Å². The predicted molar refractivity (Wildman–Crippen MR) is 101 cm³/mol. The van der Waals surface area contributed by atoms with E-state index < -0.39 is 6.09 Å². The van der Waals surface area contributed by atoms with Crippen LogP contribution in [-0.2, 0) is 4.74 Å². The number of carbonyl (C=O) groups is 1. The number of unbranched alkanes of at least 4 members (excludes halogenated alkanes) is 6. The first kappa shape index (κ1) is 20.3. The van der Waals surface area contributed by atoms with Crippen LogP contribution in [0.15, 0.2) is 43.0 Å². The average molecular weight is 332 g/mol. The molecule has 3 nitrogen and oxygen atoms in total. The highest BCUT2D eigenvalue weighted by molar-refractivity contribution is 5.67. The van der Waals surface area contributed by atoms with Gasteiger partial charge in [0.1, 0.15) is 0 Å². The van der Waals surface area contributed by atoms with E-state index in [-0.39, 0.29) is 12.0 Å². The molecule has 3 heteroatoms. The second kappa shape index (κ2) is 12.6. The summed E-state index contributed by atoms with van der Waals surface area (Å²) in [5, 5.41) is 2.97. The van der Waals surface area contributed by atoms with Gasteiger partial charge in [-0.1, -0.05) is 88.3 Å². The standard InChI is InChI=1S/C21H33NO2/c1-4-6-7-8-9-10-12-15-18(5-2)20(22-21(23)24-3)19-16-13-11-14-17-19/h5,11,13-14,16-18,20H,2,4,6-10,12,15H2,1,3H3,(H,22,23)/t18-,20-/m0/s1. The van der Waals surface area contributed by atoms with Gasteiger partial charge in [-0.25, -0.2) is 4.79 Å². The van der Waals surface area contributed by atoms with Gasteiger partial charge < -0.3 is 10.1 Å². The van der Waals surface area contributed by atoms with Crippen LogP contribution in [0.1, 0.15) is 69.9 Å². The second-order valence-corrected chi connectivity index (χ2v) is 6.33. The molecule has 2 atom stereocenters. The van der Waals surface area contributed by atoms with Crippen LogP contribution >= 0.6 is 0 Å². The summed E-state index contributed by atoms with van der Waals surface area (Å²) in [5.41, 5.74) is 1.09. The zero-order chi connectivity index (χ0) is 17.6. The predicted octanol–water partition coefficient (Wildman–Crippen LogP) is 6.03. The Morgan fingerprint density at radius 3 is 2.33 bits per heavy atom. The first-order valence-electron chi connectivity index (χ1n) is 9.24. The molecule has 0 bridgehead atoms. The highest BCUT2D eigenvalue weighted by Crippen LogP contribution is 2.28. The van der Waals surface area contributed by atoms with Crippen molar-refractivity contribution in [3.8, 4) is 0 Å². The minimum absolute atomic E-state index is 0.0868. The molecule has 1 aromatic carbocycles. The fraction of sp³-hybridized carbons (Fsp3) is 0.571. The fourth-order valence-corrected chi connectivity index (χ4v) is 3.04. The Kier molecular flexibility index (Phi) is 10.7. The van der Waals surface area contributed by atoms with E-state index in [1.165, 1.54) is 45.6 Å². The van der Waals surface area contributed by atoms with Gasteiger partial charge in [0.25, 0.3) is 0 Å². The summed E-state index contributed by atoms with van der Waals surface area (Å²) in [7, 11) is 1.40. The second-order valence-electron chi connectivity index (χ2n) is 6.33. The molecule has 0 radical (unpaired) electrons. The number of nitrogens with one attached hydrogen (secondary N) is 1. The molecule has 0 heterocycles. The molecule has 0 spiro atoms. The van der Waals surface area contributed by atoms with Crippen LogP contribution in [0.25, 0.3) is 0 Å². The third kappa shape index (κ3) is 7.67. The van der Waals surface area contributed by atoms with E-state index in [9.17, 15) is 4.79 Å². The number of hydrogen-bond donors (Lipinski definition) is 1. The van der Waals surface area contributed by atoms with Gasteiger partial charge in [0.15, 0.2) is 0 Å². The van der Waals surface area contributed by atoms with Gasteiger partial charge in [-0.3, -0.25) is 0 Å². The fourth-order valence-electron chi connectivity index (χ4n) is 3.04. The third-order valence-corrected chi connectivity index (χ3v) is 4.49. The van der Waals surface area contributed by atoms with Crippen molar-refractivity contribution in [1.29, 1.82) is 0 Å². The average Bonchev–Trinajstić information content (AvgIpc) is 2.63. The maximum atomic E-state index is 11.7. The Hall–Kier alpha value is -1.77. The maximum absolute atomic E-state index is 11.7. The van der Waals surface area contributed by atoms with Gasteiger partial charge in [-0.05, 0) is 12.0 Å². The first-order valence-corrected chi connectivity index (χ1v) is 9.24. The van der Waals surface area contributed by atoms with Crippen LogP contribution < -0.4 is 5.32 Å². The summed E-state index contributed by atoms with van der Waals surface area (Å²) in [6, 6.07) is 9.97. The normalized spacial score (nSPS) is 13.1. The van der Waals surface area contributed by atoms with Gasteiger partial charge in [0.2, 0.25) is 0 Å². The minimum atomic E-state index is -0.393. The van der Waals surface area contributed by atoms with Crippen LogP contribution in [0.2, 0.25) is 0 Å². The first-order chi connectivity index (χ1) is 11.7. The quantitative estimate of drug-likeness (QED) is 0.375. The lowest BCUT2D eigenvalue weighted by molar-refractivity contribution is 0.163. The Bertz CT molecular complexity index is 458. The van der Waals surface area contributed by atoms with Gasteiger partial charge in [0, 0.05) is 5.92 Å². The molecule has 0 saturated heterocycles. The minimum Gasteiger partial charge on any atom is -0.453 e. The number of alkyl carbamates (subject to hydrolysis) is 1. The SMILES string of the molecule is C=C[C@@H](CCCCCCCCC)[C@H](NC(=O)OC)c1ccccc1. The van der Waals surface area contributed by atoms with E-state index in [0.29, 0.717) is 0 Å². The lowest BCUT2D eigenvalue weighted by Gasteiger charge is -2.25. The van der Waals surface area contributed by atoms with E-state index in [1.54, 1.807) is 0 Å². The van der Waals surface area contributed by atoms with E-state index in [4.69, 9.17) is 4.74 Å². The Morgan fingerprint density at radius 2 is 1.75 bits per heavy atom. The molecule has 134 valence electrons. The van der Waals surface area contributed by atoms with Crippen molar-refractivity contribution >= 4 is 6.09 Å². The van der Waals surface area contributed by atoms with Crippen LogP contribution in [-0.4, -0.2) is 13.2 Å². The zero-order valence-electron chi connectivity index (χ0n) is 15.3. The summed E-state index contributed by atoms with van der Waals surface area (Å²) in [5.74, 6) is 0.210. The monoisotopic (exact) mass is 331 g/mol. The van der Waals surface area contributed by atoms with Gasteiger partial charge >= 0.3 is 6.09 Å². The maximum Gasteiger partial charge on any atom is 0.407 e. The summed E-state index contributed by atoms with van der Waals surface area (Å²) >= 11 is 0. The Morgan fingerprint density at radius 1 is 1.12 bits per heavy atom. The Labute approximate surface area is 147 Å². The molecule has 0 aliphatic rings. The smallest absolute Gasteiger partial charge is 0.407 e. The largest absolute Gasteiger partial charge is 0.453 e. The molecule has 0 aliphatic heterocycles. The van der Waals surface area contributed by atoms with Crippen molar-refractivity contribution in [2.45, 2.75) is 64.3 Å². The number of hydrogen-bond acceptors (Lipinski definition) is 2. The molecular weight excluding hydrogens is 298 g/mol. The number of carbonyl (C=O) groups excluding carboxylic acids is 1. The molecule has 1 amide bonds. The molecule has 0 saturated carbocycles. The summed E-state index contributed by atoms with van der Waals surface area (Å²) in [4.78, 5) is 11.7. The Balaban J connectivity index is 2.55. The number of methoxy groups -OCH3 is 1. The van der Waals surface area contributed by atoms with Gasteiger partial charge in [0.05, 0.1) is 13.2 Å². The van der Waals surface area contributed by atoms with Crippen molar-refractivity contribution in [2.75, 3.05) is 7.11 Å². The van der Waals surface area contributed by atoms with E-state index in [2.05, 4.69) is 18.8 Å². The molecule has 1 rings (SSSR count). The topological polar surface area (TPSA) is 38.3 Å². The summed E-state index contributed by atoms with van der Waals surface area (Å²) in [6.45, 7) is 6.23. The van der Waals surface area contributed by atoms with Gasteiger partial charge in [-0.15, -0.1) is 6.58 Å². The molecule has 0 unspecified atom stereocenters. The van der Waals surface area contributed by atoms with Crippen LogP contribution in [0.4, 0.5) is 4.79 Å². The lowest BCUT2D eigenvalue weighted by Crippen LogP contribution is -2.32. The van der Waals surface area contributed by atoms with Gasteiger partial charge in [-0.2, -0.15) is 0 Å². The van der Waals surface area contributed by atoms with E-state index in [0.717, 1.165) is 18.4 Å². The van der Waals surface area contributed by atoms with Crippen molar-refractivity contribution in [1.82, 2.24) is 5.32 Å². The summed E-state index contributed by atoms with van der Waals surface area (Å²) in [6.07, 6.45) is 11.6. The van der Waals surface area contributed by atoms with Crippen LogP contribution in [0.5, 0.6) is 0 Å². The molecule has 0 aliphatic carbocycles. The summed E-state index contributed by atoms with van der Waals surface area (Å²) < 4.78 is 4.79. The number of amides is 1. The molecule has 1 aromatic rings. The molecular formula is C21H33NO2. The van der Waals surface area contributed by atoms with Crippen molar-refractivity contribution in [3.05, 3.63) is 48.6 Å². The molecule has 0 aromatic heterocycles. The van der Waals surface area contributed by atoms with Crippen molar-refractivity contribution in [3.63, 3.8) is 0 Å². The molecule has 24 heavy (non-hydrogen) atoms. The number of benzene rings is 1. The lowest BCUT2D eigenvalue weighted by atomic mass is 9.88. The highest BCUT2D eigenvalue weighted by atomic mass is 16.5. The number of rotatable bonds is 12. The van der Waals surface area contributed by atoms with Crippen LogP contribution in [0.3, 0.4) is 0 Å². The highest BCUT2D eigenvalue weighted by Gasteiger charge is 2.22. The van der Waals surface area contributed by atoms with Crippen molar-refractivity contribution < 1.29 is 9.53 Å². The van der Waals surface area contributed by atoms with E-state index >= 15 is 0 Å². The molecule has 1 N–H and O–H groups in total. The van der Waals surface area contributed by atoms with Crippen molar-refractivity contribution in [2.24, 2.45) is 5.92 Å².